The average Bonchev–Trinajstić information content (AvgIpc) is 2.17. The van der Waals surface area contributed by atoms with E-state index in [0.717, 1.165) is 0 Å². The standard InChI is InChI=1S/C7H17NO5/c9-3-1-7(5-10)8(6-11)2-4-13-12/h7,9-12H,1-6H2. The molecule has 0 amide bonds. The minimum absolute atomic E-state index is 0.0160. The largest absolute Gasteiger partial charge is 0.723 e. The zero-order chi connectivity index (χ0) is 10.1. The molecular weight excluding hydrogens is 178 g/mol. The van der Waals surface area contributed by atoms with Crippen LogP contribution in [-0.2, 0) is 4.89 Å². The first-order chi connectivity index (χ1) is 6.29. The Balaban J connectivity index is 3.84. The molecular formula is C7H17NO5. The van der Waals surface area contributed by atoms with E-state index in [-0.39, 0.29) is 32.6 Å². The molecule has 2 atom stereocenters. The molecule has 0 saturated carbocycles. The van der Waals surface area contributed by atoms with Gasteiger partial charge < -0.3 is 30.4 Å². The fourth-order valence-electron chi connectivity index (χ4n) is 1.17. The Bertz CT molecular complexity index is 113. The Labute approximate surface area is 76.9 Å². The van der Waals surface area contributed by atoms with Crippen LogP contribution in [0.1, 0.15) is 6.42 Å². The van der Waals surface area contributed by atoms with Gasteiger partial charge in [0.25, 0.3) is 0 Å². The second-order valence-corrected chi connectivity index (χ2v) is 2.78. The van der Waals surface area contributed by atoms with Crippen molar-refractivity contribution in [2.45, 2.75) is 12.5 Å². The SMILES string of the molecule is [O-]OCC[NH+](CO)C(CO)CCO. The lowest BCUT2D eigenvalue weighted by Crippen LogP contribution is -3.17. The predicted molar refractivity (Wildman–Crippen MR) is 41.4 cm³/mol. The summed E-state index contributed by atoms with van der Waals surface area (Å²) in [5.41, 5.74) is 0. The van der Waals surface area contributed by atoms with E-state index in [4.69, 9.17) is 15.3 Å². The quantitative estimate of drug-likeness (QED) is 0.179. The van der Waals surface area contributed by atoms with Crippen molar-refractivity contribution in [2.75, 3.05) is 33.1 Å². The molecule has 0 saturated heterocycles. The van der Waals surface area contributed by atoms with Crippen LogP contribution in [0.2, 0.25) is 0 Å². The first kappa shape index (κ1) is 12.8. The van der Waals surface area contributed by atoms with Crippen LogP contribution >= 0.6 is 0 Å². The van der Waals surface area contributed by atoms with E-state index >= 15 is 0 Å². The zero-order valence-electron chi connectivity index (χ0n) is 7.48. The summed E-state index contributed by atoms with van der Waals surface area (Å²) in [6, 6.07) is -0.245. The third-order valence-corrected chi connectivity index (χ3v) is 1.98. The summed E-state index contributed by atoms with van der Waals surface area (Å²) >= 11 is 0. The molecule has 0 aliphatic rings. The third kappa shape index (κ3) is 5.14. The summed E-state index contributed by atoms with van der Waals surface area (Å²) in [7, 11) is 0. The lowest BCUT2D eigenvalue weighted by molar-refractivity contribution is -0.947. The molecule has 0 aromatic rings. The van der Waals surface area contributed by atoms with Gasteiger partial charge in [0.2, 0.25) is 0 Å². The first-order valence-electron chi connectivity index (χ1n) is 4.22. The molecule has 0 aliphatic carbocycles. The van der Waals surface area contributed by atoms with E-state index in [9.17, 15) is 5.26 Å². The Kier molecular flexibility index (Phi) is 8.21. The molecule has 0 aliphatic heterocycles. The molecule has 2 unspecified atom stereocenters. The number of aliphatic hydroxyl groups is 3. The summed E-state index contributed by atoms with van der Waals surface area (Å²) in [5, 5.41) is 36.1. The lowest BCUT2D eigenvalue weighted by Gasteiger charge is -2.25. The van der Waals surface area contributed by atoms with E-state index in [2.05, 4.69) is 4.89 Å². The van der Waals surface area contributed by atoms with Crippen molar-refractivity contribution in [3.05, 3.63) is 0 Å². The molecule has 0 spiro atoms. The predicted octanol–water partition coefficient (Wildman–Crippen LogP) is -4.14. The van der Waals surface area contributed by atoms with Crippen molar-refractivity contribution in [1.29, 1.82) is 0 Å². The number of hydrogen-bond acceptors (Lipinski definition) is 5. The van der Waals surface area contributed by atoms with Gasteiger partial charge in [0.1, 0.15) is 12.6 Å². The van der Waals surface area contributed by atoms with Crippen molar-refractivity contribution in [1.82, 2.24) is 0 Å². The molecule has 4 N–H and O–H groups in total. The maximum absolute atomic E-state index is 9.71. The van der Waals surface area contributed by atoms with Crippen LogP contribution in [0.15, 0.2) is 0 Å². The Hall–Kier alpha value is -0.240. The molecule has 0 aromatic carbocycles. The molecule has 6 nitrogen and oxygen atoms in total. The molecule has 0 bridgehead atoms. The summed E-state index contributed by atoms with van der Waals surface area (Å²) < 4.78 is 0. The van der Waals surface area contributed by atoms with Crippen LogP contribution in [0.5, 0.6) is 0 Å². The number of nitrogens with one attached hydrogen (secondary N) is 1. The highest BCUT2D eigenvalue weighted by Crippen LogP contribution is 1.83. The van der Waals surface area contributed by atoms with Crippen molar-refractivity contribution in [2.24, 2.45) is 0 Å². The molecule has 0 heterocycles. The Morgan fingerprint density at radius 1 is 1.31 bits per heavy atom. The fraction of sp³-hybridized carbons (Fsp3) is 1.00. The van der Waals surface area contributed by atoms with E-state index < -0.39 is 0 Å². The van der Waals surface area contributed by atoms with Crippen LogP contribution in [-0.4, -0.2) is 54.5 Å². The Morgan fingerprint density at radius 3 is 2.38 bits per heavy atom. The number of hydrogen-bond donors (Lipinski definition) is 4. The van der Waals surface area contributed by atoms with Gasteiger partial charge in [-0.1, -0.05) is 0 Å². The highest BCUT2D eigenvalue weighted by Gasteiger charge is 2.19. The highest BCUT2D eigenvalue weighted by atomic mass is 17.1. The maximum Gasteiger partial charge on any atom is 0.179 e. The van der Waals surface area contributed by atoms with Gasteiger partial charge >= 0.3 is 0 Å². The van der Waals surface area contributed by atoms with E-state index in [1.807, 2.05) is 0 Å². The van der Waals surface area contributed by atoms with E-state index in [1.165, 1.54) is 0 Å². The Morgan fingerprint density at radius 2 is 2.00 bits per heavy atom. The van der Waals surface area contributed by atoms with Crippen molar-refractivity contribution < 1.29 is 30.4 Å². The zero-order valence-corrected chi connectivity index (χ0v) is 7.48. The first-order valence-corrected chi connectivity index (χ1v) is 4.22. The molecule has 0 fully saturated rings. The molecule has 0 aromatic heterocycles. The lowest BCUT2D eigenvalue weighted by atomic mass is 10.2. The van der Waals surface area contributed by atoms with Crippen LogP contribution in [0.3, 0.4) is 0 Å². The second kappa shape index (κ2) is 8.36. The monoisotopic (exact) mass is 195 g/mol. The van der Waals surface area contributed by atoms with Gasteiger partial charge in [0.15, 0.2) is 6.73 Å². The third-order valence-electron chi connectivity index (χ3n) is 1.98. The second-order valence-electron chi connectivity index (χ2n) is 2.78. The van der Waals surface area contributed by atoms with Gasteiger partial charge in [-0.05, 0) is 0 Å². The maximum atomic E-state index is 9.71. The topological polar surface area (TPSA) is 97.4 Å². The van der Waals surface area contributed by atoms with E-state index in [0.29, 0.717) is 17.9 Å². The van der Waals surface area contributed by atoms with Gasteiger partial charge in [-0.25, -0.2) is 0 Å². The molecule has 80 valence electrons. The minimum Gasteiger partial charge on any atom is -0.723 e. The summed E-state index contributed by atoms with van der Waals surface area (Å²) in [6.45, 7) is -0.0557. The molecule has 0 rings (SSSR count). The van der Waals surface area contributed by atoms with Crippen molar-refractivity contribution in [3.8, 4) is 0 Å². The number of aliphatic hydroxyl groups excluding tert-OH is 3. The van der Waals surface area contributed by atoms with Crippen LogP contribution < -0.4 is 10.2 Å². The van der Waals surface area contributed by atoms with Gasteiger partial charge in [-0.15, -0.1) is 0 Å². The van der Waals surface area contributed by atoms with Gasteiger partial charge in [0, 0.05) is 13.0 Å². The smallest absolute Gasteiger partial charge is 0.179 e. The summed E-state index contributed by atoms with van der Waals surface area (Å²) in [5.74, 6) is 0. The molecule has 0 radical (unpaired) electrons. The molecule has 13 heavy (non-hydrogen) atoms. The van der Waals surface area contributed by atoms with Crippen molar-refractivity contribution >= 4 is 0 Å². The number of rotatable bonds is 8. The van der Waals surface area contributed by atoms with Crippen LogP contribution in [0.4, 0.5) is 0 Å². The van der Waals surface area contributed by atoms with Gasteiger partial charge in [-0.2, -0.15) is 0 Å². The highest BCUT2D eigenvalue weighted by molar-refractivity contribution is 4.51. The minimum atomic E-state index is -0.245. The summed E-state index contributed by atoms with van der Waals surface area (Å²) in [4.78, 5) is 4.27. The van der Waals surface area contributed by atoms with Crippen LogP contribution in [0.25, 0.3) is 0 Å². The normalized spacial score (nSPS) is 15.7. The van der Waals surface area contributed by atoms with Crippen molar-refractivity contribution in [3.63, 3.8) is 0 Å². The average molecular weight is 195 g/mol. The van der Waals surface area contributed by atoms with E-state index in [1.54, 1.807) is 0 Å². The van der Waals surface area contributed by atoms with Crippen LogP contribution in [0, 0.1) is 0 Å². The fourth-order valence-corrected chi connectivity index (χ4v) is 1.17. The van der Waals surface area contributed by atoms with Gasteiger partial charge in [-0.3, -0.25) is 0 Å². The molecule has 6 heteroatoms. The number of quaternary nitrogens is 1. The van der Waals surface area contributed by atoms with Gasteiger partial charge in [0.05, 0.1) is 13.2 Å². The summed E-state index contributed by atoms with van der Waals surface area (Å²) in [6.07, 6.45) is 0.394.